The molecular weight excluding hydrogens is 344 g/mol. The number of carbonyl (C=O) groups is 2. The van der Waals surface area contributed by atoms with Crippen LogP contribution in [0.15, 0.2) is 23.3 Å². The summed E-state index contributed by atoms with van der Waals surface area (Å²) in [5.41, 5.74) is 1.76. The Labute approximate surface area is 163 Å². The molecule has 2 rings (SSSR count). The highest BCUT2D eigenvalue weighted by Gasteiger charge is 2.45. The van der Waals surface area contributed by atoms with Crippen LogP contribution in [0.4, 0.5) is 0 Å². The van der Waals surface area contributed by atoms with Crippen LogP contribution < -0.4 is 0 Å². The van der Waals surface area contributed by atoms with Gasteiger partial charge in [0.1, 0.15) is 0 Å². The van der Waals surface area contributed by atoms with Crippen LogP contribution in [-0.4, -0.2) is 37.9 Å². The van der Waals surface area contributed by atoms with Crippen LogP contribution >= 0.6 is 0 Å². The van der Waals surface area contributed by atoms with Crippen molar-refractivity contribution in [2.24, 2.45) is 11.8 Å². The molecule has 5 nitrogen and oxygen atoms in total. The number of hydrogen-bond acceptors (Lipinski definition) is 5. The van der Waals surface area contributed by atoms with Crippen LogP contribution in [0, 0.1) is 11.8 Å². The lowest BCUT2D eigenvalue weighted by Gasteiger charge is -2.27. The second-order valence-electron chi connectivity index (χ2n) is 8.25. The molecule has 3 atom stereocenters. The zero-order valence-corrected chi connectivity index (χ0v) is 17.4. The van der Waals surface area contributed by atoms with Crippen LogP contribution in [0.1, 0.15) is 65.7 Å². The van der Waals surface area contributed by atoms with Gasteiger partial charge in [-0.05, 0) is 71.6 Å². The van der Waals surface area contributed by atoms with E-state index in [0.717, 1.165) is 25.7 Å². The second-order valence-corrected chi connectivity index (χ2v) is 8.25. The van der Waals surface area contributed by atoms with E-state index in [9.17, 15) is 9.59 Å². The van der Waals surface area contributed by atoms with E-state index in [4.69, 9.17) is 14.2 Å². The molecule has 1 unspecified atom stereocenters. The van der Waals surface area contributed by atoms with Crippen molar-refractivity contribution in [2.75, 3.05) is 14.2 Å². The summed E-state index contributed by atoms with van der Waals surface area (Å²) in [5, 5.41) is 0. The number of allylic oxidation sites excluding steroid dienone is 3. The molecule has 0 aromatic heterocycles. The van der Waals surface area contributed by atoms with Crippen LogP contribution in [0.25, 0.3) is 0 Å². The predicted molar refractivity (Wildman–Crippen MR) is 104 cm³/mol. The molecule has 1 aliphatic heterocycles. The molecule has 2 bridgehead atoms. The molecule has 0 spiro atoms. The van der Waals surface area contributed by atoms with E-state index in [1.807, 2.05) is 6.08 Å². The van der Waals surface area contributed by atoms with E-state index in [1.54, 1.807) is 0 Å². The third-order valence-electron chi connectivity index (χ3n) is 6.02. The van der Waals surface area contributed by atoms with E-state index < -0.39 is 0 Å². The highest BCUT2D eigenvalue weighted by molar-refractivity contribution is 5.88. The average Bonchev–Trinajstić information content (AvgIpc) is 2.94. The maximum absolute atomic E-state index is 12.4. The normalized spacial score (nSPS) is 33.0. The number of ether oxygens (including phenoxy) is 3. The van der Waals surface area contributed by atoms with Crippen molar-refractivity contribution in [3.8, 4) is 0 Å². The largest absolute Gasteiger partial charge is 0.469 e. The van der Waals surface area contributed by atoms with Gasteiger partial charge in [0, 0.05) is 5.57 Å². The van der Waals surface area contributed by atoms with Crippen LogP contribution in [-0.2, 0) is 23.8 Å². The molecule has 0 saturated carbocycles. The molecule has 152 valence electrons. The summed E-state index contributed by atoms with van der Waals surface area (Å²) in [5.74, 6) is -0.412. The molecule has 2 aliphatic rings. The number of rotatable bonds is 2. The Hall–Kier alpha value is -1.62. The smallest absolute Gasteiger partial charge is 0.333 e. The Morgan fingerprint density at radius 3 is 2.48 bits per heavy atom. The fourth-order valence-electron chi connectivity index (χ4n) is 4.25. The van der Waals surface area contributed by atoms with E-state index in [2.05, 4.69) is 26.8 Å². The fraction of sp³-hybridized carbons (Fsp3) is 0.727. The van der Waals surface area contributed by atoms with Crippen molar-refractivity contribution >= 4 is 11.9 Å². The minimum Gasteiger partial charge on any atom is -0.469 e. The first-order valence-electron chi connectivity index (χ1n) is 9.97. The summed E-state index contributed by atoms with van der Waals surface area (Å²) >= 11 is 0. The Morgan fingerprint density at radius 2 is 1.81 bits per heavy atom. The average molecular weight is 379 g/mol. The lowest BCUT2D eigenvalue weighted by molar-refractivity contribution is -0.153. The molecule has 1 heterocycles. The van der Waals surface area contributed by atoms with Gasteiger partial charge in [-0.1, -0.05) is 17.7 Å². The second kappa shape index (κ2) is 9.54. The van der Waals surface area contributed by atoms with E-state index >= 15 is 0 Å². The van der Waals surface area contributed by atoms with Gasteiger partial charge < -0.3 is 14.2 Å². The Bertz CT molecular complexity index is 602. The molecular formula is C22H34O5. The number of hydrogen-bond donors (Lipinski definition) is 0. The highest BCUT2D eigenvalue weighted by Crippen LogP contribution is 2.42. The van der Waals surface area contributed by atoms with Crippen molar-refractivity contribution in [3.63, 3.8) is 0 Å². The fourth-order valence-corrected chi connectivity index (χ4v) is 4.25. The van der Waals surface area contributed by atoms with Crippen molar-refractivity contribution < 1.29 is 23.8 Å². The highest BCUT2D eigenvalue weighted by atomic mass is 16.5. The van der Waals surface area contributed by atoms with E-state index in [0.29, 0.717) is 30.8 Å². The lowest BCUT2D eigenvalue weighted by Crippen LogP contribution is -2.32. The Kier molecular flexibility index (Phi) is 7.66. The van der Waals surface area contributed by atoms with Gasteiger partial charge in [0.05, 0.1) is 31.8 Å². The molecule has 0 N–H and O–H groups in total. The molecule has 1 saturated heterocycles. The maximum Gasteiger partial charge on any atom is 0.333 e. The van der Waals surface area contributed by atoms with Gasteiger partial charge in [-0.15, -0.1) is 0 Å². The lowest BCUT2D eigenvalue weighted by atomic mass is 9.82. The SMILES string of the molecule is COC(=O)/C1=C/CC[C@H](C(=O)OC)[C@@H]2CC(CC/C(C)=C\CC1)C(C)(C)O2. The summed E-state index contributed by atoms with van der Waals surface area (Å²) in [6.07, 6.45) is 9.61. The number of esters is 2. The van der Waals surface area contributed by atoms with Crippen LogP contribution in [0.3, 0.4) is 0 Å². The quantitative estimate of drug-likeness (QED) is 0.528. The standard InChI is InChI=1S/C22H34O5/c1-15-8-6-9-16(20(23)25-4)10-7-11-18(21(24)26-5)19-14-17(13-12-15)22(2,3)27-19/h8,10,17-19H,6-7,9,11-14H2,1-5H3/b15-8-,16-10+/t17?,18-,19-/m0/s1. The van der Waals surface area contributed by atoms with Gasteiger partial charge in [-0.3, -0.25) is 4.79 Å². The summed E-state index contributed by atoms with van der Waals surface area (Å²) in [6.45, 7) is 6.39. The van der Waals surface area contributed by atoms with Gasteiger partial charge in [0.15, 0.2) is 0 Å². The zero-order valence-electron chi connectivity index (χ0n) is 17.4. The monoisotopic (exact) mass is 378 g/mol. The third kappa shape index (κ3) is 5.68. The minimum atomic E-state index is -0.311. The van der Waals surface area contributed by atoms with Gasteiger partial charge in [0.2, 0.25) is 0 Å². The molecule has 27 heavy (non-hydrogen) atoms. The summed E-state index contributed by atoms with van der Waals surface area (Å²) in [4.78, 5) is 24.5. The first-order valence-corrected chi connectivity index (χ1v) is 9.97. The van der Waals surface area contributed by atoms with Crippen molar-refractivity contribution in [2.45, 2.75) is 77.4 Å². The van der Waals surface area contributed by atoms with Gasteiger partial charge in [-0.25, -0.2) is 4.79 Å². The molecule has 0 aromatic rings. The summed E-state index contributed by atoms with van der Waals surface area (Å²) in [6, 6.07) is 0. The topological polar surface area (TPSA) is 61.8 Å². The van der Waals surface area contributed by atoms with Crippen molar-refractivity contribution in [1.82, 2.24) is 0 Å². The van der Waals surface area contributed by atoms with Gasteiger partial charge in [0.25, 0.3) is 0 Å². The van der Waals surface area contributed by atoms with Crippen LogP contribution in [0.2, 0.25) is 0 Å². The predicted octanol–water partition coefficient (Wildman–Crippen LogP) is 4.36. The third-order valence-corrected chi connectivity index (χ3v) is 6.02. The molecule has 1 aliphatic carbocycles. The first kappa shape index (κ1) is 21.7. The number of fused-ring (bicyclic) bond motifs is 2. The number of methoxy groups -OCH3 is 2. The minimum absolute atomic E-state index is 0.139. The van der Waals surface area contributed by atoms with Crippen LogP contribution in [0.5, 0.6) is 0 Å². The van der Waals surface area contributed by atoms with E-state index in [1.165, 1.54) is 19.8 Å². The summed E-state index contributed by atoms with van der Waals surface area (Å²) in [7, 11) is 2.83. The van der Waals surface area contributed by atoms with E-state index in [-0.39, 0.29) is 29.6 Å². The van der Waals surface area contributed by atoms with Crippen molar-refractivity contribution in [3.05, 3.63) is 23.3 Å². The molecule has 5 heteroatoms. The summed E-state index contributed by atoms with van der Waals surface area (Å²) < 4.78 is 16.3. The van der Waals surface area contributed by atoms with Gasteiger partial charge in [-0.2, -0.15) is 0 Å². The molecule has 0 aromatic carbocycles. The molecule has 0 radical (unpaired) electrons. The molecule has 1 fully saturated rings. The van der Waals surface area contributed by atoms with Gasteiger partial charge >= 0.3 is 11.9 Å². The maximum atomic E-state index is 12.4. The first-order chi connectivity index (χ1) is 12.8. The Balaban J connectivity index is 2.27. The zero-order chi connectivity index (χ0) is 20.0. The Morgan fingerprint density at radius 1 is 1.07 bits per heavy atom. The molecule has 0 amide bonds. The van der Waals surface area contributed by atoms with Crippen molar-refractivity contribution in [1.29, 1.82) is 0 Å². The number of carbonyl (C=O) groups excluding carboxylic acids is 2.